The number of esters is 1. The van der Waals surface area contributed by atoms with Crippen LogP contribution in [0.1, 0.15) is 28.3 Å². The molecule has 0 heterocycles. The van der Waals surface area contributed by atoms with Gasteiger partial charge in [0.25, 0.3) is 0 Å². The largest absolute Gasteiger partial charge is 0.461 e. The van der Waals surface area contributed by atoms with E-state index in [0.29, 0.717) is 10.6 Å². The second kappa shape index (κ2) is 8.50. The number of nitrogens with zero attached hydrogens (tertiary/aromatic N) is 1. The lowest BCUT2D eigenvalue weighted by Gasteiger charge is -2.19. The molecule has 0 fully saturated rings. The number of carbonyl (C=O) groups is 2. The summed E-state index contributed by atoms with van der Waals surface area (Å²) >= 11 is 6.35. The maximum atomic E-state index is 12.1. The standard InChI is InChI=1S/C19H20ClNO3/c1-21(2)16-8-9-17(18(20)12-16)15(10-11-22)13-24-19(23)14-6-4-3-5-7-14/h3-9,11-12,15H,10,13H2,1-2H3/t15-/m0/s1. The molecule has 0 bridgehead atoms. The van der Waals surface area contributed by atoms with Crippen LogP contribution >= 0.6 is 11.6 Å². The van der Waals surface area contributed by atoms with Crippen LogP contribution in [0.2, 0.25) is 5.02 Å². The molecule has 0 spiro atoms. The highest BCUT2D eigenvalue weighted by Gasteiger charge is 2.18. The Bertz CT molecular complexity index is 701. The lowest BCUT2D eigenvalue weighted by Crippen LogP contribution is -2.15. The molecule has 0 aliphatic rings. The summed E-state index contributed by atoms with van der Waals surface area (Å²) in [6.07, 6.45) is 1.06. The summed E-state index contributed by atoms with van der Waals surface area (Å²) in [5, 5.41) is 0.559. The van der Waals surface area contributed by atoms with Gasteiger partial charge in [-0.05, 0) is 29.8 Å². The van der Waals surface area contributed by atoms with Gasteiger partial charge in [-0.25, -0.2) is 4.79 Å². The van der Waals surface area contributed by atoms with Crippen LogP contribution in [0.4, 0.5) is 5.69 Å². The van der Waals surface area contributed by atoms with Crippen molar-refractivity contribution in [3.8, 4) is 0 Å². The molecule has 2 aromatic rings. The minimum absolute atomic E-state index is 0.105. The first-order valence-corrected chi connectivity index (χ1v) is 8.03. The fraction of sp³-hybridized carbons (Fsp3) is 0.263. The van der Waals surface area contributed by atoms with Crippen LogP contribution in [0.3, 0.4) is 0 Å². The summed E-state index contributed by atoms with van der Waals surface area (Å²) in [5.74, 6) is -0.675. The van der Waals surface area contributed by atoms with E-state index in [2.05, 4.69) is 0 Å². The van der Waals surface area contributed by atoms with Crippen molar-refractivity contribution in [1.82, 2.24) is 0 Å². The zero-order valence-electron chi connectivity index (χ0n) is 13.7. The Morgan fingerprint density at radius 2 is 1.92 bits per heavy atom. The van der Waals surface area contributed by atoms with Crippen LogP contribution < -0.4 is 4.90 Å². The molecule has 0 aliphatic heterocycles. The fourth-order valence-corrected chi connectivity index (χ4v) is 2.69. The summed E-state index contributed by atoms with van der Waals surface area (Å²) in [6, 6.07) is 14.4. The van der Waals surface area contributed by atoms with E-state index in [1.807, 2.05) is 43.3 Å². The van der Waals surface area contributed by atoms with Crippen LogP contribution in [-0.4, -0.2) is 33.0 Å². The van der Waals surface area contributed by atoms with Crippen LogP contribution in [0.25, 0.3) is 0 Å². The number of hydrogen-bond acceptors (Lipinski definition) is 4. The fourth-order valence-electron chi connectivity index (χ4n) is 2.36. The molecule has 0 N–H and O–H groups in total. The number of anilines is 1. The second-order valence-corrected chi connectivity index (χ2v) is 6.07. The number of ether oxygens (including phenoxy) is 1. The van der Waals surface area contributed by atoms with E-state index in [1.54, 1.807) is 24.3 Å². The minimum atomic E-state index is -0.410. The molecule has 5 heteroatoms. The number of carbonyl (C=O) groups excluding carboxylic acids is 2. The Morgan fingerprint density at radius 3 is 2.50 bits per heavy atom. The quantitative estimate of drug-likeness (QED) is 0.563. The van der Waals surface area contributed by atoms with Gasteiger partial charge in [-0.1, -0.05) is 35.9 Å². The normalized spacial score (nSPS) is 11.6. The summed E-state index contributed by atoms with van der Waals surface area (Å²) in [7, 11) is 3.85. The number of hydrogen-bond donors (Lipinski definition) is 0. The third-order valence-corrected chi connectivity index (χ3v) is 4.07. The van der Waals surface area contributed by atoms with Crippen molar-refractivity contribution < 1.29 is 14.3 Å². The molecule has 0 saturated carbocycles. The lowest BCUT2D eigenvalue weighted by atomic mass is 9.96. The van der Waals surface area contributed by atoms with Crippen molar-refractivity contribution in [2.24, 2.45) is 0 Å². The van der Waals surface area contributed by atoms with Gasteiger partial charge in [-0.2, -0.15) is 0 Å². The van der Waals surface area contributed by atoms with E-state index in [9.17, 15) is 9.59 Å². The maximum absolute atomic E-state index is 12.1. The molecule has 1 atom stereocenters. The summed E-state index contributed by atoms with van der Waals surface area (Å²) in [5.41, 5.74) is 2.25. The molecular weight excluding hydrogens is 326 g/mol. The highest BCUT2D eigenvalue weighted by molar-refractivity contribution is 6.31. The zero-order valence-corrected chi connectivity index (χ0v) is 14.5. The summed E-state index contributed by atoms with van der Waals surface area (Å²) in [6.45, 7) is 0.105. The Hall–Kier alpha value is -2.33. The van der Waals surface area contributed by atoms with Crippen molar-refractivity contribution in [2.45, 2.75) is 12.3 Å². The predicted molar refractivity (Wildman–Crippen MR) is 95.9 cm³/mol. The SMILES string of the molecule is CN(C)c1ccc([C@@H](CC=O)COC(=O)c2ccccc2)c(Cl)c1. The van der Waals surface area contributed by atoms with Gasteiger partial charge in [0.05, 0.1) is 12.2 Å². The first kappa shape index (κ1) is 18.0. The lowest BCUT2D eigenvalue weighted by molar-refractivity contribution is -0.108. The summed E-state index contributed by atoms with van der Waals surface area (Å²) < 4.78 is 5.36. The molecule has 0 radical (unpaired) electrons. The highest BCUT2D eigenvalue weighted by atomic mass is 35.5. The Labute approximate surface area is 147 Å². The molecule has 24 heavy (non-hydrogen) atoms. The average molecular weight is 346 g/mol. The van der Waals surface area contributed by atoms with Gasteiger partial charge in [0.2, 0.25) is 0 Å². The van der Waals surface area contributed by atoms with Gasteiger partial charge in [0, 0.05) is 37.1 Å². The first-order chi connectivity index (χ1) is 11.5. The van der Waals surface area contributed by atoms with Crippen LogP contribution in [0.15, 0.2) is 48.5 Å². The molecule has 2 aromatic carbocycles. The van der Waals surface area contributed by atoms with E-state index >= 15 is 0 Å². The molecule has 126 valence electrons. The van der Waals surface area contributed by atoms with Gasteiger partial charge in [0.1, 0.15) is 6.29 Å². The molecule has 0 aliphatic carbocycles. The van der Waals surface area contributed by atoms with Gasteiger partial charge in [-0.15, -0.1) is 0 Å². The van der Waals surface area contributed by atoms with E-state index in [0.717, 1.165) is 17.5 Å². The van der Waals surface area contributed by atoms with Crippen LogP contribution in [-0.2, 0) is 9.53 Å². The van der Waals surface area contributed by atoms with Gasteiger partial charge < -0.3 is 14.4 Å². The van der Waals surface area contributed by atoms with Crippen LogP contribution in [0.5, 0.6) is 0 Å². The Morgan fingerprint density at radius 1 is 1.21 bits per heavy atom. The average Bonchev–Trinajstić information content (AvgIpc) is 2.59. The Kier molecular flexibility index (Phi) is 6.38. The van der Waals surface area contributed by atoms with E-state index in [1.165, 1.54) is 0 Å². The highest BCUT2D eigenvalue weighted by Crippen LogP contribution is 2.30. The summed E-state index contributed by atoms with van der Waals surface area (Å²) in [4.78, 5) is 25.0. The first-order valence-electron chi connectivity index (χ1n) is 7.65. The molecule has 0 saturated heterocycles. The van der Waals surface area contributed by atoms with Crippen LogP contribution in [0, 0.1) is 0 Å². The van der Waals surface area contributed by atoms with Gasteiger partial charge in [-0.3, -0.25) is 0 Å². The molecule has 2 rings (SSSR count). The van der Waals surface area contributed by atoms with Gasteiger partial charge in [0.15, 0.2) is 0 Å². The second-order valence-electron chi connectivity index (χ2n) is 5.66. The molecule has 0 aromatic heterocycles. The van der Waals surface area contributed by atoms with Crippen molar-refractivity contribution >= 4 is 29.5 Å². The minimum Gasteiger partial charge on any atom is -0.461 e. The topological polar surface area (TPSA) is 46.6 Å². The molecule has 0 amide bonds. The van der Waals surface area contributed by atoms with Crippen molar-refractivity contribution in [3.05, 3.63) is 64.7 Å². The maximum Gasteiger partial charge on any atom is 0.338 e. The monoisotopic (exact) mass is 345 g/mol. The molecule has 4 nitrogen and oxygen atoms in total. The van der Waals surface area contributed by atoms with Crippen molar-refractivity contribution in [2.75, 3.05) is 25.6 Å². The zero-order chi connectivity index (χ0) is 17.5. The van der Waals surface area contributed by atoms with Gasteiger partial charge >= 0.3 is 5.97 Å². The molecular formula is C19H20ClNO3. The van der Waals surface area contributed by atoms with E-state index in [-0.39, 0.29) is 18.9 Å². The number of aldehydes is 1. The smallest absolute Gasteiger partial charge is 0.338 e. The number of halogens is 1. The third kappa shape index (κ3) is 4.59. The Balaban J connectivity index is 2.12. The van der Waals surface area contributed by atoms with Crippen molar-refractivity contribution in [1.29, 1.82) is 0 Å². The number of benzene rings is 2. The molecule has 0 unspecified atom stereocenters. The van der Waals surface area contributed by atoms with E-state index < -0.39 is 5.97 Å². The number of rotatable bonds is 7. The predicted octanol–water partition coefficient (Wildman–Crippen LogP) is 3.94. The third-order valence-electron chi connectivity index (χ3n) is 3.75. The van der Waals surface area contributed by atoms with E-state index in [4.69, 9.17) is 16.3 Å². The van der Waals surface area contributed by atoms with Crippen molar-refractivity contribution in [3.63, 3.8) is 0 Å².